The number of nitrogens with zero attached hydrogens (tertiary/aromatic N) is 5. The van der Waals surface area contributed by atoms with Crippen molar-refractivity contribution < 1.29 is 14.3 Å². The van der Waals surface area contributed by atoms with E-state index >= 15 is 0 Å². The van der Waals surface area contributed by atoms with Crippen LogP contribution >= 0.6 is 0 Å². The molecule has 0 spiro atoms. The third kappa shape index (κ3) is 4.40. The topological polar surface area (TPSA) is 130 Å². The Kier molecular flexibility index (Phi) is 5.45. The number of benzene rings is 1. The maximum Gasteiger partial charge on any atom is 0.261 e. The lowest BCUT2D eigenvalue weighted by molar-refractivity contribution is -0.121. The molecule has 1 aromatic heterocycles. The Bertz CT molecular complexity index is 699. The van der Waals surface area contributed by atoms with Crippen LogP contribution < -0.4 is 20.6 Å². The smallest absolute Gasteiger partial charge is 0.261 e. The van der Waals surface area contributed by atoms with E-state index in [4.69, 9.17) is 15.2 Å². The number of hydrogen-bond acceptors (Lipinski definition) is 8. The largest absolute Gasteiger partial charge is 0.493 e. The first-order chi connectivity index (χ1) is 11.1. The zero-order valence-electron chi connectivity index (χ0n) is 12.8. The van der Waals surface area contributed by atoms with Gasteiger partial charge < -0.3 is 15.2 Å². The Hall–Kier alpha value is -3.17. The van der Waals surface area contributed by atoms with E-state index in [1.165, 1.54) is 6.21 Å². The first kappa shape index (κ1) is 16.2. The molecule has 2 rings (SSSR count). The highest BCUT2D eigenvalue weighted by atomic mass is 16.5. The summed E-state index contributed by atoms with van der Waals surface area (Å²) in [7, 11) is 1.55. The molecule has 0 atom stereocenters. The quantitative estimate of drug-likeness (QED) is 0.534. The molecule has 0 radical (unpaired) electrons. The number of carbonyl (C=O) groups excluding carboxylic acids is 1. The number of ether oxygens (including phenoxy) is 2. The fourth-order valence-corrected chi connectivity index (χ4v) is 1.71. The summed E-state index contributed by atoms with van der Waals surface area (Å²) < 4.78 is 11.8. The van der Waals surface area contributed by atoms with Crippen LogP contribution in [0.4, 0.5) is 5.95 Å². The normalized spacial score (nSPS) is 10.7. The lowest BCUT2D eigenvalue weighted by atomic mass is 10.2. The molecule has 122 valence electrons. The molecule has 0 fully saturated rings. The van der Waals surface area contributed by atoms with Crippen LogP contribution in [0.5, 0.6) is 11.5 Å². The molecule has 0 aliphatic rings. The number of hydrogen-bond donors (Lipinski definition) is 2. The highest BCUT2D eigenvalue weighted by Gasteiger charge is 2.07. The number of rotatable bonds is 7. The van der Waals surface area contributed by atoms with Gasteiger partial charge in [-0.25, -0.2) is 10.1 Å². The summed E-state index contributed by atoms with van der Waals surface area (Å²) in [4.78, 5) is 11.7. The Morgan fingerprint density at radius 1 is 1.48 bits per heavy atom. The highest BCUT2D eigenvalue weighted by Crippen LogP contribution is 2.27. The van der Waals surface area contributed by atoms with E-state index in [0.29, 0.717) is 18.1 Å². The van der Waals surface area contributed by atoms with Crippen LogP contribution in [-0.4, -0.2) is 46.0 Å². The van der Waals surface area contributed by atoms with Crippen molar-refractivity contribution in [2.75, 3.05) is 19.5 Å². The molecule has 1 heterocycles. The Morgan fingerprint density at radius 3 is 2.96 bits per heavy atom. The van der Waals surface area contributed by atoms with Crippen molar-refractivity contribution in [3.63, 3.8) is 0 Å². The van der Waals surface area contributed by atoms with Crippen molar-refractivity contribution in [3.05, 3.63) is 23.8 Å². The fraction of sp³-hybridized carbons (Fsp3) is 0.308. The van der Waals surface area contributed by atoms with Crippen molar-refractivity contribution in [3.8, 4) is 11.5 Å². The van der Waals surface area contributed by atoms with Gasteiger partial charge in [-0.2, -0.15) is 5.10 Å². The van der Waals surface area contributed by atoms with Crippen molar-refractivity contribution in [2.24, 2.45) is 5.10 Å². The molecule has 0 aliphatic carbocycles. The van der Waals surface area contributed by atoms with E-state index in [0.717, 1.165) is 10.2 Å². The van der Waals surface area contributed by atoms with Crippen molar-refractivity contribution in [2.45, 2.75) is 13.5 Å². The number of amides is 1. The van der Waals surface area contributed by atoms with Gasteiger partial charge in [0.25, 0.3) is 5.91 Å². The second-order valence-corrected chi connectivity index (χ2v) is 4.33. The van der Waals surface area contributed by atoms with Gasteiger partial charge in [0, 0.05) is 0 Å². The predicted molar refractivity (Wildman–Crippen MR) is 82.1 cm³/mol. The third-order valence-electron chi connectivity index (χ3n) is 2.74. The highest BCUT2D eigenvalue weighted by molar-refractivity contribution is 5.83. The molecule has 23 heavy (non-hydrogen) atoms. The van der Waals surface area contributed by atoms with Gasteiger partial charge in [0.2, 0.25) is 5.95 Å². The molecular weight excluding hydrogens is 302 g/mol. The average molecular weight is 319 g/mol. The van der Waals surface area contributed by atoms with E-state index < -0.39 is 5.91 Å². The number of hydrazone groups is 1. The maximum atomic E-state index is 11.7. The minimum atomic E-state index is -0.404. The molecule has 10 nitrogen and oxygen atoms in total. The number of carbonyl (C=O) groups is 1. The number of tetrazole rings is 1. The molecule has 0 aliphatic heterocycles. The number of anilines is 1. The standard InChI is InChI=1S/C13H17N7O3/c1-3-23-10-5-4-9(6-11(10)22-2)7-15-16-12(21)8-20-13(14)17-18-19-20/h4-7H,3,8H2,1-2H3,(H,16,21)(H2,14,17,19)/b15-7-. The van der Waals surface area contributed by atoms with Crippen LogP contribution in [0.2, 0.25) is 0 Å². The molecule has 1 aromatic carbocycles. The van der Waals surface area contributed by atoms with Crippen LogP contribution in [0.3, 0.4) is 0 Å². The number of aromatic nitrogens is 4. The monoisotopic (exact) mass is 319 g/mol. The first-order valence-corrected chi connectivity index (χ1v) is 6.78. The van der Waals surface area contributed by atoms with Gasteiger partial charge in [0.05, 0.1) is 19.9 Å². The number of nitrogens with two attached hydrogens (primary N) is 1. The third-order valence-corrected chi connectivity index (χ3v) is 2.74. The number of methoxy groups -OCH3 is 1. The van der Waals surface area contributed by atoms with E-state index in [2.05, 4.69) is 26.1 Å². The average Bonchev–Trinajstić information content (AvgIpc) is 2.94. The molecule has 0 saturated heterocycles. The lowest BCUT2D eigenvalue weighted by Crippen LogP contribution is -2.24. The summed E-state index contributed by atoms with van der Waals surface area (Å²) in [6.07, 6.45) is 1.49. The molecule has 1 amide bonds. The van der Waals surface area contributed by atoms with Crippen molar-refractivity contribution in [1.82, 2.24) is 25.6 Å². The van der Waals surface area contributed by atoms with Gasteiger partial charge in [-0.3, -0.25) is 4.79 Å². The summed E-state index contributed by atoms with van der Waals surface area (Å²) in [6.45, 7) is 2.31. The molecule has 0 bridgehead atoms. The van der Waals surface area contributed by atoms with E-state index in [9.17, 15) is 4.79 Å². The molecule has 0 unspecified atom stereocenters. The van der Waals surface area contributed by atoms with E-state index in [1.54, 1.807) is 25.3 Å². The number of nitrogens with one attached hydrogen (secondary N) is 1. The van der Waals surface area contributed by atoms with E-state index in [1.807, 2.05) is 6.92 Å². The Morgan fingerprint density at radius 2 is 2.30 bits per heavy atom. The van der Waals surface area contributed by atoms with Crippen LogP contribution in [0, 0.1) is 0 Å². The van der Waals surface area contributed by atoms with Gasteiger partial charge in [0.15, 0.2) is 11.5 Å². The summed E-state index contributed by atoms with van der Waals surface area (Å²) in [5.74, 6) is 0.882. The molecule has 3 N–H and O–H groups in total. The molecular formula is C13H17N7O3. The fourth-order valence-electron chi connectivity index (χ4n) is 1.71. The van der Waals surface area contributed by atoms with Gasteiger partial charge in [-0.15, -0.1) is 0 Å². The molecule has 10 heteroatoms. The minimum absolute atomic E-state index is 0.0559. The Balaban J connectivity index is 1.95. The second-order valence-electron chi connectivity index (χ2n) is 4.33. The maximum absolute atomic E-state index is 11.7. The second kappa shape index (κ2) is 7.73. The van der Waals surface area contributed by atoms with Crippen LogP contribution in [-0.2, 0) is 11.3 Å². The summed E-state index contributed by atoms with van der Waals surface area (Å²) in [6, 6.07) is 5.32. The zero-order chi connectivity index (χ0) is 16.7. The first-order valence-electron chi connectivity index (χ1n) is 6.78. The van der Waals surface area contributed by atoms with Gasteiger partial charge in [-0.05, 0) is 41.1 Å². The van der Waals surface area contributed by atoms with Crippen LogP contribution in [0.1, 0.15) is 12.5 Å². The van der Waals surface area contributed by atoms with Gasteiger partial charge in [-0.1, -0.05) is 5.10 Å². The summed E-state index contributed by atoms with van der Waals surface area (Å²) in [5, 5.41) is 14.2. The zero-order valence-corrected chi connectivity index (χ0v) is 12.8. The summed E-state index contributed by atoms with van der Waals surface area (Å²) in [5.41, 5.74) is 8.57. The van der Waals surface area contributed by atoms with Gasteiger partial charge in [0.1, 0.15) is 6.54 Å². The van der Waals surface area contributed by atoms with Crippen LogP contribution in [0.15, 0.2) is 23.3 Å². The van der Waals surface area contributed by atoms with Crippen LogP contribution in [0.25, 0.3) is 0 Å². The van der Waals surface area contributed by atoms with Crippen molar-refractivity contribution >= 4 is 18.1 Å². The Labute approximate surface area is 132 Å². The summed E-state index contributed by atoms with van der Waals surface area (Å²) >= 11 is 0. The predicted octanol–water partition coefficient (Wildman–Crippen LogP) is -0.187. The SMILES string of the molecule is CCOc1ccc(/C=N\NC(=O)Cn2nnnc2N)cc1OC. The number of nitrogen functional groups attached to an aromatic ring is 1. The molecule has 0 saturated carbocycles. The lowest BCUT2D eigenvalue weighted by Gasteiger charge is -2.09. The van der Waals surface area contributed by atoms with Gasteiger partial charge >= 0.3 is 0 Å². The molecule has 2 aromatic rings. The van der Waals surface area contributed by atoms with E-state index in [-0.39, 0.29) is 12.5 Å². The minimum Gasteiger partial charge on any atom is -0.493 e. The van der Waals surface area contributed by atoms with Crippen molar-refractivity contribution in [1.29, 1.82) is 0 Å².